The number of nitrogens with zero attached hydrogens (tertiary/aromatic N) is 3. The zero-order valence-corrected chi connectivity index (χ0v) is 22.2. The summed E-state index contributed by atoms with van der Waals surface area (Å²) in [7, 11) is 5.11. The quantitative estimate of drug-likeness (QED) is 0.277. The number of amides is 1. The number of nitrogens with one attached hydrogen (secondary N) is 1. The van der Waals surface area contributed by atoms with Crippen molar-refractivity contribution in [1.29, 1.82) is 0 Å². The van der Waals surface area contributed by atoms with Gasteiger partial charge in [-0.25, -0.2) is 0 Å². The minimum Gasteiger partial charge on any atom is -0.493 e. The third-order valence-electron chi connectivity index (χ3n) is 6.25. The number of methoxy groups -OCH3 is 2. The van der Waals surface area contributed by atoms with Crippen LogP contribution in [-0.2, 0) is 9.53 Å². The Hall–Kier alpha value is -1.79. The number of carbonyl (C=O) groups is 1. The maximum atomic E-state index is 11.4. The Morgan fingerprint density at radius 2 is 1.97 bits per heavy atom. The summed E-state index contributed by atoms with van der Waals surface area (Å²) in [6.45, 7) is 5.58. The van der Waals surface area contributed by atoms with E-state index in [4.69, 9.17) is 19.9 Å². The molecule has 2 aliphatic heterocycles. The van der Waals surface area contributed by atoms with Gasteiger partial charge in [0.1, 0.15) is 0 Å². The van der Waals surface area contributed by atoms with Crippen molar-refractivity contribution in [2.24, 2.45) is 16.6 Å². The molecule has 2 heterocycles. The van der Waals surface area contributed by atoms with E-state index in [2.05, 4.69) is 26.2 Å². The molecule has 0 aromatic heterocycles. The number of nitrogens with two attached hydrogens (primary N) is 1. The van der Waals surface area contributed by atoms with E-state index in [0.717, 1.165) is 75.3 Å². The molecule has 9 nitrogen and oxygen atoms in total. The van der Waals surface area contributed by atoms with Crippen molar-refractivity contribution in [3.05, 3.63) is 23.8 Å². The number of halogens is 1. The Labute approximate surface area is 214 Å². The highest BCUT2D eigenvalue weighted by atomic mass is 127. The molecule has 3 rings (SSSR count). The van der Waals surface area contributed by atoms with Crippen molar-refractivity contribution in [3.63, 3.8) is 0 Å². The lowest BCUT2D eigenvalue weighted by atomic mass is 9.95. The van der Waals surface area contributed by atoms with E-state index < -0.39 is 0 Å². The molecule has 0 saturated carbocycles. The van der Waals surface area contributed by atoms with Crippen LogP contribution in [0.2, 0.25) is 0 Å². The number of hydrogen-bond donors (Lipinski definition) is 2. The number of benzene rings is 1. The maximum absolute atomic E-state index is 11.4. The average Bonchev–Trinajstić information content (AvgIpc) is 2.82. The molecule has 0 bridgehead atoms. The van der Waals surface area contributed by atoms with Crippen molar-refractivity contribution in [3.8, 4) is 11.5 Å². The van der Waals surface area contributed by atoms with Crippen molar-refractivity contribution in [2.75, 3.05) is 67.2 Å². The molecular weight excluding hydrogens is 537 g/mol. The van der Waals surface area contributed by atoms with E-state index in [0.29, 0.717) is 13.0 Å². The molecule has 2 atom stereocenters. The number of rotatable bonds is 8. The highest BCUT2D eigenvalue weighted by Gasteiger charge is 2.27. The second kappa shape index (κ2) is 13.8. The number of guanidine groups is 1. The molecule has 0 spiro atoms. The lowest BCUT2D eigenvalue weighted by Gasteiger charge is -2.38. The summed E-state index contributed by atoms with van der Waals surface area (Å²) in [6, 6.07) is 6.22. The Kier molecular flexibility index (Phi) is 11.5. The highest BCUT2D eigenvalue weighted by molar-refractivity contribution is 14.0. The zero-order chi connectivity index (χ0) is 22.9. The fourth-order valence-corrected chi connectivity index (χ4v) is 4.64. The van der Waals surface area contributed by atoms with Gasteiger partial charge < -0.3 is 30.2 Å². The summed E-state index contributed by atoms with van der Waals surface area (Å²) in [6.07, 6.45) is 2.48. The molecule has 2 aliphatic rings. The van der Waals surface area contributed by atoms with Crippen LogP contribution in [0.15, 0.2) is 23.2 Å². The number of primary amides is 1. The van der Waals surface area contributed by atoms with Gasteiger partial charge in [-0.2, -0.15) is 0 Å². The largest absolute Gasteiger partial charge is 0.493 e. The van der Waals surface area contributed by atoms with E-state index in [-0.39, 0.29) is 41.8 Å². The Bertz CT molecular complexity index is 788. The van der Waals surface area contributed by atoms with Crippen molar-refractivity contribution < 1.29 is 19.0 Å². The summed E-state index contributed by atoms with van der Waals surface area (Å²) in [5, 5.41) is 3.58. The van der Waals surface area contributed by atoms with Crippen LogP contribution in [0.4, 0.5) is 0 Å². The first kappa shape index (κ1) is 27.5. The SMILES string of the molecule is CN=C(NCC(c1ccc(OC)c(OC)c1)N1CCOCC1)N1CCCC(CC(N)=O)C1.I. The minimum absolute atomic E-state index is 0. The fourth-order valence-electron chi connectivity index (χ4n) is 4.64. The molecule has 1 amide bonds. The molecular formula is C23H38IN5O4. The Morgan fingerprint density at radius 3 is 2.61 bits per heavy atom. The lowest BCUT2D eigenvalue weighted by molar-refractivity contribution is -0.119. The summed E-state index contributed by atoms with van der Waals surface area (Å²) >= 11 is 0. The van der Waals surface area contributed by atoms with Crippen LogP contribution in [0, 0.1) is 5.92 Å². The van der Waals surface area contributed by atoms with E-state index in [1.54, 1.807) is 21.3 Å². The van der Waals surface area contributed by atoms with Crippen LogP contribution < -0.4 is 20.5 Å². The fraction of sp³-hybridized carbons (Fsp3) is 0.652. The number of piperidine rings is 1. The van der Waals surface area contributed by atoms with Crippen LogP contribution in [0.1, 0.15) is 30.9 Å². The second-order valence-electron chi connectivity index (χ2n) is 8.33. The summed E-state index contributed by atoms with van der Waals surface area (Å²) < 4.78 is 16.5. The van der Waals surface area contributed by atoms with Gasteiger partial charge in [0.05, 0.1) is 33.5 Å². The second-order valence-corrected chi connectivity index (χ2v) is 8.33. The average molecular weight is 575 g/mol. The number of hydrogen-bond acceptors (Lipinski definition) is 6. The zero-order valence-electron chi connectivity index (χ0n) is 19.9. The molecule has 2 fully saturated rings. The molecule has 2 unspecified atom stereocenters. The maximum Gasteiger partial charge on any atom is 0.217 e. The van der Waals surface area contributed by atoms with E-state index >= 15 is 0 Å². The predicted octanol–water partition coefficient (Wildman–Crippen LogP) is 1.86. The Morgan fingerprint density at radius 1 is 1.24 bits per heavy atom. The van der Waals surface area contributed by atoms with Crippen LogP contribution in [0.25, 0.3) is 0 Å². The molecule has 33 heavy (non-hydrogen) atoms. The molecule has 10 heteroatoms. The molecule has 0 radical (unpaired) electrons. The van der Waals surface area contributed by atoms with Crippen LogP contribution in [-0.4, -0.2) is 88.9 Å². The van der Waals surface area contributed by atoms with Gasteiger partial charge in [-0.1, -0.05) is 6.07 Å². The van der Waals surface area contributed by atoms with Gasteiger partial charge in [-0.3, -0.25) is 14.7 Å². The third-order valence-corrected chi connectivity index (χ3v) is 6.25. The third kappa shape index (κ3) is 7.61. The van der Waals surface area contributed by atoms with Crippen LogP contribution in [0.5, 0.6) is 11.5 Å². The highest BCUT2D eigenvalue weighted by Crippen LogP contribution is 2.32. The van der Waals surface area contributed by atoms with Gasteiger partial charge in [0, 0.05) is 46.2 Å². The molecule has 0 aliphatic carbocycles. The van der Waals surface area contributed by atoms with Gasteiger partial charge in [-0.05, 0) is 36.5 Å². The van der Waals surface area contributed by atoms with Gasteiger partial charge in [0.15, 0.2) is 17.5 Å². The topological polar surface area (TPSA) is 102 Å². The normalized spacial score (nSPS) is 20.5. The summed E-state index contributed by atoms with van der Waals surface area (Å²) in [5.74, 6) is 2.34. The predicted molar refractivity (Wildman–Crippen MR) is 140 cm³/mol. The first-order valence-corrected chi connectivity index (χ1v) is 11.3. The van der Waals surface area contributed by atoms with Gasteiger partial charge in [-0.15, -0.1) is 24.0 Å². The standard InChI is InChI=1S/C23H37N5O4.HI/c1-25-23(28-8-4-5-17(16-28)13-22(24)29)26-15-19(27-9-11-32-12-10-27)18-6-7-20(30-2)21(14-18)31-3;/h6-7,14,17,19H,4-5,8-13,15-16H2,1-3H3,(H2,24,29)(H,25,26);1H. The first-order chi connectivity index (χ1) is 15.5. The monoisotopic (exact) mass is 575 g/mol. The van der Waals surface area contributed by atoms with Crippen LogP contribution in [0.3, 0.4) is 0 Å². The number of morpholine rings is 1. The number of aliphatic imine (C=N–C) groups is 1. The molecule has 3 N–H and O–H groups in total. The van der Waals surface area contributed by atoms with Crippen molar-refractivity contribution in [1.82, 2.24) is 15.1 Å². The smallest absolute Gasteiger partial charge is 0.217 e. The van der Waals surface area contributed by atoms with E-state index in [1.165, 1.54) is 0 Å². The molecule has 2 saturated heterocycles. The molecule has 186 valence electrons. The molecule has 1 aromatic rings. The minimum atomic E-state index is -0.236. The van der Waals surface area contributed by atoms with Gasteiger partial charge in [0.2, 0.25) is 5.91 Å². The summed E-state index contributed by atoms with van der Waals surface area (Å²) in [4.78, 5) is 20.6. The van der Waals surface area contributed by atoms with E-state index in [1.807, 2.05) is 12.1 Å². The van der Waals surface area contributed by atoms with Crippen LogP contribution >= 0.6 is 24.0 Å². The molecule has 1 aromatic carbocycles. The van der Waals surface area contributed by atoms with Gasteiger partial charge in [0.25, 0.3) is 0 Å². The summed E-state index contributed by atoms with van der Waals surface area (Å²) in [5.41, 5.74) is 6.58. The van der Waals surface area contributed by atoms with Crippen molar-refractivity contribution >= 4 is 35.8 Å². The number of carbonyl (C=O) groups excluding carboxylic acids is 1. The lowest BCUT2D eigenvalue weighted by Crippen LogP contribution is -2.50. The number of ether oxygens (including phenoxy) is 3. The number of likely N-dealkylation sites (tertiary alicyclic amines) is 1. The van der Waals surface area contributed by atoms with Gasteiger partial charge >= 0.3 is 0 Å². The van der Waals surface area contributed by atoms with E-state index in [9.17, 15) is 4.79 Å². The van der Waals surface area contributed by atoms with Crippen molar-refractivity contribution in [2.45, 2.75) is 25.3 Å². The Balaban J connectivity index is 0.00000385. The first-order valence-electron chi connectivity index (χ1n) is 11.3.